The maximum Gasteiger partial charge on any atom is 0.193 e. The first-order chi connectivity index (χ1) is 10.7. The highest BCUT2D eigenvalue weighted by Gasteiger charge is 2.09. The third kappa shape index (κ3) is 8.50. The fraction of sp³-hybridized carbons (Fsp3) is 0.471. The number of nitrogens with one attached hydrogen (secondary N) is 1. The van der Waals surface area contributed by atoms with E-state index < -0.39 is 0 Å². The van der Waals surface area contributed by atoms with Crippen molar-refractivity contribution in [2.24, 2.45) is 4.99 Å². The van der Waals surface area contributed by atoms with Crippen LogP contribution >= 0.6 is 35.7 Å². The number of halogens is 1. The Hall–Kier alpha value is -0.890. The minimum atomic E-state index is 0. The average molecular weight is 449 g/mol. The fourth-order valence-electron chi connectivity index (χ4n) is 2.02. The summed E-state index contributed by atoms with van der Waals surface area (Å²) < 4.78 is 5.41. The van der Waals surface area contributed by atoms with E-state index in [9.17, 15) is 0 Å². The van der Waals surface area contributed by atoms with Crippen molar-refractivity contribution in [1.82, 2.24) is 10.2 Å². The van der Waals surface area contributed by atoms with Crippen molar-refractivity contribution in [3.05, 3.63) is 42.5 Å². The number of hydrogen-bond acceptors (Lipinski definition) is 3. The van der Waals surface area contributed by atoms with Crippen LogP contribution in [0.25, 0.3) is 0 Å². The predicted octanol–water partition coefficient (Wildman–Crippen LogP) is 3.63. The molecule has 0 unspecified atom stereocenters. The van der Waals surface area contributed by atoms with Gasteiger partial charge in [0.2, 0.25) is 0 Å². The molecule has 6 heteroatoms. The molecule has 0 amide bonds. The van der Waals surface area contributed by atoms with Crippen LogP contribution in [0.5, 0.6) is 5.75 Å². The zero-order valence-electron chi connectivity index (χ0n) is 14.2. The number of ether oxygens (including phenoxy) is 1. The quantitative estimate of drug-likeness (QED) is 0.205. The number of methoxy groups -OCH3 is 1. The largest absolute Gasteiger partial charge is 0.496 e. The molecule has 23 heavy (non-hydrogen) atoms. The van der Waals surface area contributed by atoms with E-state index in [1.54, 1.807) is 7.11 Å². The van der Waals surface area contributed by atoms with Crippen molar-refractivity contribution in [3.63, 3.8) is 0 Å². The van der Waals surface area contributed by atoms with E-state index >= 15 is 0 Å². The number of guanidine groups is 1. The van der Waals surface area contributed by atoms with Gasteiger partial charge in [-0.2, -0.15) is 11.8 Å². The van der Waals surface area contributed by atoms with Gasteiger partial charge in [0.25, 0.3) is 0 Å². The van der Waals surface area contributed by atoms with Crippen LogP contribution in [-0.2, 0) is 6.54 Å². The van der Waals surface area contributed by atoms with E-state index in [0.29, 0.717) is 0 Å². The normalized spacial score (nSPS) is 10.7. The lowest BCUT2D eigenvalue weighted by atomic mass is 10.2. The zero-order valence-corrected chi connectivity index (χ0v) is 17.4. The van der Waals surface area contributed by atoms with E-state index in [-0.39, 0.29) is 24.0 Å². The summed E-state index contributed by atoms with van der Waals surface area (Å²) in [6.07, 6.45) is 1.92. The van der Waals surface area contributed by atoms with Gasteiger partial charge in [-0.05, 0) is 13.0 Å². The standard InChI is InChI=1S/C17H27N3OS.HI/c1-5-12-22-13-11-19-17(18-6-2)20(3)14-15-9-7-8-10-16(15)21-4;/h5,7-10H,1,6,11-14H2,2-4H3,(H,18,19);1H. The molecule has 1 aromatic carbocycles. The van der Waals surface area contributed by atoms with Crippen LogP contribution in [-0.4, -0.2) is 49.6 Å². The lowest BCUT2D eigenvalue weighted by Gasteiger charge is -2.23. The molecule has 0 atom stereocenters. The Morgan fingerprint density at radius 1 is 1.43 bits per heavy atom. The van der Waals surface area contributed by atoms with Gasteiger partial charge in [-0.3, -0.25) is 4.99 Å². The Morgan fingerprint density at radius 2 is 2.17 bits per heavy atom. The number of hydrogen-bond donors (Lipinski definition) is 1. The molecule has 0 aromatic heterocycles. The van der Waals surface area contributed by atoms with Crippen molar-refractivity contribution >= 4 is 41.7 Å². The van der Waals surface area contributed by atoms with Crippen LogP contribution in [0.2, 0.25) is 0 Å². The number of aliphatic imine (C=N–C) groups is 1. The minimum Gasteiger partial charge on any atom is -0.496 e. The van der Waals surface area contributed by atoms with Gasteiger partial charge in [0.05, 0.1) is 13.7 Å². The number of thioether (sulfide) groups is 1. The summed E-state index contributed by atoms with van der Waals surface area (Å²) in [5.41, 5.74) is 1.15. The smallest absolute Gasteiger partial charge is 0.193 e. The van der Waals surface area contributed by atoms with Crippen molar-refractivity contribution < 1.29 is 4.74 Å². The van der Waals surface area contributed by atoms with Gasteiger partial charge < -0.3 is 15.0 Å². The number of para-hydroxylation sites is 1. The van der Waals surface area contributed by atoms with Crippen LogP contribution < -0.4 is 10.1 Å². The van der Waals surface area contributed by atoms with E-state index in [2.05, 4.69) is 34.8 Å². The summed E-state index contributed by atoms with van der Waals surface area (Å²) in [6, 6.07) is 8.08. The molecule has 0 aliphatic rings. The molecule has 4 nitrogen and oxygen atoms in total. The van der Waals surface area contributed by atoms with Crippen LogP contribution in [0, 0.1) is 0 Å². The first kappa shape index (κ1) is 22.1. The second kappa shape index (κ2) is 13.5. The van der Waals surface area contributed by atoms with E-state index in [4.69, 9.17) is 4.74 Å². The molecule has 0 aliphatic heterocycles. The van der Waals surface area contributed by atoms with Gasteiger partial charge in [-0.25, -0.2) is 0 Å². The van der Waals surface area contributed by atoms with E-state index in [1.165, 1.54) is 0 Å². The highest BCUT2D eigenvalue weighted by atomic mass is 127. The van der Waals surface area contributed by atoms with E-state index in [0.717, 1.165) is 48.4 Å². The summed E-state index contributed by atoms with van der Waals surface area (Å²) in [5, 5.41) is 3.34. The van der Waals surface area contributed by atoms with E-state index in [1.807, 2.05) is 43.1 Å². The lowest BCUT2D eigenvalue weighted by molar-refractivity contribution is 0.396. The van der Waals surface area contributed by atoms with Gasteiger partial charge in [-0.15, -0.1) is 30.6 Å². The maximum absolute atomic E-state index is 5.41. The first-order valence-corrected chi connectivity index (χ1v) is 8.68. The molecule has 0 bridgehead atoms. The molecular formula is C17H28IN3OS. The molecule has 1 rings (SSSR count). The summed E-state index contributed by atoms with van der Waals surface area (Å²) in [5.74, 6) is 3.81. The first-order valence-electron chi connectivity index (χ1n) is 7.52. The second-order valence-corrected chi connectivity index (χ2v) is 5.92. The van der Waals surface area contributed by atoms with Crippen molar-refractivity contribution in [2.45, 2.75) is 13.5 Å². The summed E-state index contributed by atoms with van der Waals surface area (Å²) in [6.45, 7) is 8.23. The second-order valence-electron chi connectivity index (χ2n) is 4.77. The highest BCUT2D eigenvalue weighted by Crippen LogP contribution is 2.18. The highest BCUT2D eigenvalue weighted by molar-refractivity contribution is 14.0. The van der Waals surface area contributed by atoms with Crippen molar-refractivity contribution in [2.75, 3.05) is 38.8 Å². The van der Waals surface area contributed by atoms with Gasteiger partial charge in [0, 0.05) is 37.2 Å². The molecule has 0 spiro atoms. The van der Waals surface area contributed by atoms with Crippen LogP contribution in [0.1, 0.15) is 12.5 Å². The Kier molecular flexibility index (Phi) is 13.0. The van der Waals surface area contributed by atoms with Crippen LogP contribution in [0.15, 0.2) is 41.9 Å². The van der Waals surface area contributed by atoms with Gasteiger partial charge in [-0.1, -0.05) is 24.3 Å². The Labute approximate surface area is 161 Å². The van der Waals surface area contributed by atoms with Gasteiger partial charge in [0.1, 0.15) is 5.75 Å². The van der Waals surface area contributed by atoms with Crippen LogP contribution in [0.4, 0.5) is 0 Å². The van der Waals surface area contributed by atoms with Gasteiger partial charge >= 0.3 is 0 Å². The van der Waals surface area contributed by atoms with Gasteiger partial charge in [0.15, 0.2) is 5.96 Å². The summed E-state index contributed by atoms with van der Waals surface area (Å²) in [7, 11) is 3.75. The van der Waals surface area contributed by atoms with Crippen LogP contribution in [0.3, 0.4) is 0 Å². The third-order valence-electron chi connectivity index (χ3n) is 3.03. The number of nitrogens with zero attached hydrogens (tertiary/aromatic N) is 2. The average Bonchev–Trinajstić information content (AvgIpc) is 2.54. The third-order valence-corrected chi connectivity index (χ3v) is 3.97. The SMILES string of the molecule is C=CCSCCN=C(NCC)N(C)Cc1ccccc1OC.I. The predicted molar refractivity (Wildman–Crippen MR) is 113 cm³/mol. The molecule has 0 fully saturated rings. The molecular weight excluding hydrogens is 421 g/mol. The Bertz CT molecular complexity index is 483. The molecule has 1 aromatic rings. The molecule has 0 aliphatic carbocycles. The zero-order chi connectivity index (χ0) is 16.2. The lowest BCUT2D eigenvalue weighted by Crippen LogP contribution is -2.38. The summed E-state index contributed by atoms with van der Waals surface area (Å²) >= 11 is 1.84. The minimum absolute atomic E-state index is 0. The molecule has 130 valence electrons. The maximum atomic E-state index is 5.41. The monoisotopic (exact) mass is 449 g/mol. The van der Waals surface area contributed by atoms with Crippen molar-refractivity contribution in [3.8, 4) is 5.75 Å². The van der Waals surface area contributed by atoms with Crippen molar-refractivity contribution in [1.29, 1.82) is 0 Å². The number of rotatable bonds is 9. The molecule has 0 saturated heterocycles. The molecule has 0 radical (unpaired) electrons. The number of benzene rings is 1. The Balaban J connectivity index is 0.00000484. The molecule has 0 saturated carbocycles. The Morgan fingerprint density at radius 3 is 2.83 bits per heavy atom. The summed E-state index contributed by atoms with van der Waals surface area (Å²) in [4.78, 5) is 6.80. The topological polar surface area (TPSA) is 36.9 Å². The fourth-order valence-corrected chi connectivity index (χ4v) is 2.57. The molecule has 1 N–H and O–H groups in total. The molecule has 0 heterocycles.